The molecule has 3 heterocycles. The molecule has 2 aromatic carbocycles. The van der Waals surface area contributed by atoms with Crippen molar-refractivity contribution in [1.82, 2.24) is 4.90 Å². The smallest absolute Gasteiger partial charge is 0.254 e. The van der Waals surface area contributed by atoms with E-state index in [1.165, 1.54) is 0 Å². The molecule has 2 aromatic rings. The van der Waals surface area contributed by atoms with E-state index < -0.39 is 12.2 Å². The van der Waals surface area contributed by atoms with E-state index in [1.54, 1.807) is 29.2 Å². The number of likely N-dealkylation sites (tertiary alicyclic amines) is 1. The number of piperidine rings is 1. The number of hydrogen-bond donors (Lipinski definition) is 1. The molecule has 0 radical (unpaired) electrons. The van der Waals surface area contributed by atoms with Crippen molar-refractivity contribution in [2.75, 3.05) is 33.1 Å². The minimum atomic E-state index is -0.818. The summed E-state index contributed by atoms with van der Waals surface area (Å²) in [5.41, 5.74) is 0.503. The number of amides is 1. The Morgan fingerprint density at radius 2 is 1.90 bits per heavy atom. The average molecular weight is 399 g/mol. The Labute approximate surface area is 167 Å². The largest absolute Gasteiger partial charge is 0.486 e. The van der Waals surface area contributed by atoms with Crippen molar-refractivity contribution < 1.29 is 33.6 Å². The molecule has 0 aromatic heterocycles. The molecule has 3 aliphatic rings. The lowest BCUT2D eigenvalue weighted by molar-refractivity contribution is -0.0214. The number of carbonyl (C=O) groups is 1. The van der Waals surface area contributed by atoms with E-state index in [4.69, 9.17) is 23.7 Å². The Balaban J connectivity index is 1.26. The number of para-hydroxylation sites is 1. The molecule has 8 heteroatoms. The van der Waals surface area contributed by atoms with Crippen molar-refractivity contribution in [2.45, 2.75) is 18.6 Å². The first-order valence-electron chi connectivity index (χ1n) is 9.61. The van der Waals surface area contributed by atoms with Crippen molar-refractivity contribution >= 4 is 5.91 Å². The molecule has 0 spiro atoms. The summed E-state index contributed by atoms with van der Waals surface area (Å²) in [6.07, 6.45) is -0.753. The molecule has 29 heavy (non-hydrogen) atoms. The Morgan fingerprint density at radius 3 is 2.79 bits per heavy atom. The topological polar surface area (TPSA) is 86.7 Å². The van der Waals surface area contributed by atoms with Crippen molar-refractivity contribution in [3.63, 3.8) is 0 Å². The van der Waals surface area contributed by atoms with Crippen LogP contribution in [-0.2, 0) is 0 Å². The molecule has 152 valence electrons. The number of rotatable bonds is 3. The van der Waals surface area contributed by atoms with Gasteiger partial charge in [0.1, 0.15) is 25.4 Å². The van der Waals surface area contributed by atoms with Crippen LogP contribution < -0.4 is 23.7 Å². The lowest BCUT2D eigenvalue weighted by atomic mass is 10.0. The van der Waals surface area contributed by atoms with Gasteiger partial charge in [-0.3, -0.25) is 4.79 Å². The quantitative estimate of drug-likeness (QED) is 0.843. The van der Waals surface area contributed by atoms with Crippen LogP contribution in [0, 0.1) is 0 Å². The SMILES string of the molecule is O=C(c1ccc2c(c1)OCO2)N1CC[C@@H](Oc2cccc3c2OCCO3)[C@H](O)C1. The molecule has 1 saturated heterocycles. The number of aliphatic hydroxyl groups is 1. The number of fused-ring (bicyclic) bond motifs is 2. The van der Waals surface area contributed by atoms with E-state index in [2.05, 4.69) is 0 Å². The van der Waals surface area contributed by atoms with Crippen LogP contribution in [0.2, 0.25) is 0 Å². The van der Waals surface area contributed by atoms with Gasteiger partial charge < -0.3 is 33.7 Å². The highest BCUT2D eigenvalue weighted by Gasteiger charge is 2.33. The second-order valence-electron chi connectivity index (χ2n) is 7.11. The molecule has 5 rings (SSSR count). The third-order valence-corrected chi connectivity index (χ3v) is 5.24. The van der Waals surface area contributed by atoms with Gasteiger partial charge >= 0.3 is 0 Å². The zero-order valence-corrected chi connectivity index (χ0v) is 15.7. The van der Waals surface area contributed by atoms with Gasteiger partial charge in [-0.05, 0) is 30.3 Å². The summed E-state index contributed by atoms with van der Waals surface area (Å²) >= 11 is 0. The first kappa shape index (κ1) is 17.9. The molecule has 2 atom stereocenters. The van der Waals surface area contributed by atoms with E-state index in [0.717, 1.165) is 0 Å². The van der Waals surface area contributed by atoms with Crippen LogP contribution >= 0.6 is 0 Å². The summed E-state index contributed by atoms with van der Waals surface area (Å²) in [6, 6.07) is 10.6. The van der Waals surface area contributed by atoms with Gasteiger partial charge in [0.2, 0.25) is 12.5 Å². The van der Waals surface area contributed by atoms with Crippen LogP contribution in [0.15, 0.2) is 36.4 Å². The molecule has 0 saturated carbocycles. The number of ether oxygens (including phenoxy) is 5. The number of aliphatic hydroxyl groups excluding tert-OH is 1. The third kappa shape index (κ3) is 3.40. The molecular weight excluding hydrogens is 378 g/mol. The lowest BCUT2D eigenvalue weighted by Crippen LogP contribution is -2.51. The van der Waals surface area contributed by atoms with E-state index in [-0.39, 0.29) is 19.2 Å². The van der Waals surface area contributed by atoms with Crippen molar-refractivity contribution in [1.29, 1.82) is 0 Å². The van der Waals surface area contributed by atoms with Crippen LogP contribution in [0.5, 0.6) is 28.7 Å². The van der Waals surface area contributed by atoms with Crippen LogP contribution in [-0.4, -0.2) is 61.2 Å². The van der Waals surface area contributed by atoms with Crippen molar-refractivity contribution in [2.24, 2.45) is 0 Å². The minimum absolute atomic E-state index is 0.158. The van der Waals surface area contributed by atoms with E-state index >= 15 is 0 Å². The normalized spacial score (nSPS) is 22.3. The van der Waals surface area contributed by atoms with Gasteiger partial charge in [0.25, 0.3) is 5.91 Å². The molecule has 3 aliphatic heterocycles. The summed E-state index contributed by atoms with van der Waals surface area (Å²) < 4.78 is 27.9. The summed E-state index contributed by atoms with van der Waals surface area (Å²) in [7, 11) is 0. The fourth-order valence-electron chi connectivity index (χ4n) is 3.75. The van der Waals surface area contributed by atoms with Crippen LogP contribution in [0.3, 0.4) is 0 Å². The summed E-state index contributed by atoms with van der Waals surface area (Å²) in [5, 5.41) is 10.6. The standard InChI is InChI=1S/C21H21NO7/c23-14-11-22(21(24)13-4-5-16-19(10-13)28-12-27-16)7-6-15(14)29-18-3-1-2-17-20(18)26-9-8-25-17/h1-5,10,14-15,23H,6-9,11-12H2/t14-,15-/m1/s1. The van der Waals surface area contributed by atoms with Gasteiger partial charge in [0.15, 0.2) is 23.0 Å². The average Bonchev–Trinajstić information content (AvgIpc) is 3.23. The monoisotopic (exact) mass is 399 g/mol. The Morgan fingerprint density at radius 1 is 1.03 bits per heavy atom. The third-order valence-electron chi connectivity index (χ3n) is 5.24. The number of β-amino-alcohol motifs (C(OH)–C–C–N with tert-alkyl or cyclic N) is 1. The van der Waals surface area contributed by atoms with E-state index in [9.17, 15) is 9.90 Å². The van der Waals surface area contributed by atoms with Crippen LogP contribution in [0.25, 0.3) is 0 Å². The first-order valence-corrected chi connectivity index (χ1v) is 9.61. The maximum absolute atomic E-state index is 12.8. The van der Waals surface area contributed by atoms with Crippen molar-refractivity contribution in [3.8, 4) is 28.7 Å². The zero-order valence-electron chi connectivity index (χ0n) is 15.7. The summed E-state index contributed by atoms with van der Waals surface area (Å²) in [6.45, 7) is 1.77. The Kier molecular flexibility index (Phi) is 4.55. The van der Waals surface area contributed by atoms with E-state index in [1.807, 2.05) is 12.1 Å². The minimum Gasteiger partial charge on any atom is -0.486 e. The van der Waals surface area contributed by atoms with Gasteiger partial charge in [-0.25, -0.2) is 0 Å². The van der Waals surface area contributed by atoms with Crippen molar-refractivity contribution in [3.05, 3.63) is 42.0 Å². The lowest BCUT2D eigenvalue weighted by Gasteiger charge is -2.36. The number of nitrogens with zero attached hydrogens (tertiary/aromatic N) is 1. The predicted octanol–water partition coefficient (Wildman–Crippen LogP) is 1.84. The zero-order chi connectivity index (χ0) is 19.8. The highest BCUT2D eigenvalue weighted by Crippen LogP contribution is 2.40. The highest BCUT2D eigenvalue weighted by atomic mass is 16.7. The predicted molar refractivity (Wildman–Crippen MR) is 101 cm³/mol. The van der Waals surface area contributed by atoms with Gasteiger partial charge in [0, 0.05) is 18.5 Å². The van der Waals surface area contributed by atoms with Crippen LogP contribution in [0.4, 0.5) is 0 Å². The Bertz CT molecular complexity index is 931. The molecule has 0 unspecified atom stereocenters. The molecule has 0 aliphatic carbocycles. The van der Waals surface area contributed by atoms with Gasteiger partial charge in [-0.2, -0.15) is 0 Å². The molecule has 0 bridgehead atoms. The van der Waals surface area contributed by atoms with Crippen LogP contribution in [0.1, 0.15) is 16.8 Å². The molecule has 1 amide bonds. The Hall–Kier alpha value is -3.13. The summed E-state index contributed by atoms with van der Waals surface area (Å²) in [5.74, 6) is 2.77. The summed E-state index contributed by atoms with van der Waals surface area (Å²) in [4.78, 5) is 14.5. The van der Waals surface area contributed by atoms with Gasteiger partial charge in [-0.15, -0.1) is 0 Å². The fourth-order valence-corrected chi connectivity index (χ4v) is 3.75. The molecule has 8 nitrogen and oxygen atoms in total. The maximum Gasteiger partial charge on any atom is 0.254 e. The second kappa shape index (κ2) is 7.36. The van der Waals surface area contributed by atoms with Gasteiger partial charge in [0.05, 0.1) is 6.54 Å². The highest BCUT2D eigenvalue weighted by molar-refractivity contribution is 5.95. The molecular formula is C21H21NO7. The second-order valence-corrected chi connectivity index (χ2v) is 7.11. The maximum atomic E-state index is 12.8. The van der Waals surface area contributed by atoms with Gasteiger partial charge in [-0.1, -0.05) is 6.07 Å². The van der Waals surface area contributed by atoms with E-state index in [0.29, 0.717) is 60.5 Å². The number of benzene rings is 2. The molecule has 1 fully saturated rings. The molecule has 1 N–H and O–H groups in total. The number of carbonyl (C=O) groups excluding carboxylic acids is 1. The first-order chi connectivity index (χ1) is 14.2. The fraction of sp³-hybridized carbons (Fsp3) is 0.381. The number of hydrogen-bond acceptors (Lipinski definition) is 7.